The zero-order valence-corrected chi connectivity index (χ0v) is 15.3. The van der Waals surface area contributed by atoms with Crippen molar-refractivity contribution in [2.24, 2.45) is 0 Å². The lowest BCUT2D eigenvalue weighted by atomic mass is 10.2. The van der Waals surface area contributed by atoms with Crippen LogP contribution in [0.2, 0.25) is 20.1 Å². The van der Waals surface area contributed by atoms with Gasteiger partial charge in [0.05, 0.1) is 15.6 Å². The van der Waals surface area contributed by atoms with Crippen molar-refractivity contribution in [3.05, 3.63) is 62.1 Å². The van der Waals surface area contributed by atoms with E-state index in [9.17, 15) is 9.59 Å². The number of amides is 1. The first-order valence-electron chi connectivity index (χ1n) is 6.70. The fourth-order valence-electron chi connectivity index (χ4n) is 1.84. The number of carbonyl (C=O) groups excluding carboxylic acids is 2. The lowest BCUT2D eigenvalue weighted by molar-refractivity contribution is -0.123. The second-order valence-corrected chi connectivity index (χ2v) is 6.48. The number of carbonyl (C=O) groups is 2. The van der Waals surface area contributed by atoms with E-state index in [1.807, 2.05) is 0 Å². The van der Waals surface area contributed by atoms with Crippen LogP contribution in [0, 0.1) is 0 Å². The summed E-state index contributed by atoms with van der Waals surface area (Å²) in [6.45, 7) is 1.42. The second-order valence-electron chi connectivity index (χ2n) is 4.79. The topological polar surface area (TPSA) is 55.4 Å². The van der Waals surface area contributed by atoms with Crippen LogP contribution in [0.3, 0.4) is 0 Å². The summed E-state index contributed by atoms with van der Waals surface area (Å²) in [4.78, 5) is 24.3. The van der Waals surface area contributed by atoms with Crippen LogP contribution in [0.15, 0.2) is 36.4 Å². The molecule has 1 N–H and O–H groups in total. The van der Waals surface area contributed by atoms with Gasteiger partial charge in [0, 0.05) is 15.7 Å². The van der Waals surface area contributed by atoms with E-state index < -0.39 is 18.0 Å². The van der Waals surface area contributed by atoms with E-state index >= 15 is 0 Å². The highest BCUT2D eigenvalue weighted by atomic mass is 35.5. The van der Waals surface area contributed by atoms with Gasteiger partial charge in [0.15, 0.2) is 6.10 Å². The van der Waals surface area contributed by atoms with E-state index in [0.29, 0.717) is 15.7 Å². The van der Waals surface area contributed by atoms with Gasteiger partial charge in [0.2, 0.25) is 0 Å². The van der Waals surface area contributed by atoms with Crippen LogP contribution in [-0.2, 0) is 9.53 Å². The molecule has 0 bridgehead atoms. The van der Waals surface area contributed by atoms with Gasteiger partial charge in [-0.2, -0.15) is 0 Å². The standard InChI is InChI=1S/C16H11Cl4NO3/c1-8(15(22)21-11-6-9(17)5-10(18)7-11)24-16(23)14-12(19)3-2-4-13(14)20/h2-8H,1H3,(H,21,22)/t8-/m0/s1. The van der Waals surface area contributed by atoms with Gasteiger partial charge in [-0.3, -0.25) is 4.79 Å². The molecule has 1 amide bonds. The molecule has 0 saturated heterocycles. The maximum absolute atomic E-state index is 12.1. The van der Waals surface area contributed by atoms with E-state index in [2.05, 4.69) is 5.32 Å². The predicted molar refractivity (Wildman–Crippen MR) is 96.4 cm³/mol. The molecule has 0 aliphatic heterocycles. The zero-order valence-electron chi connectivity index (χ0n) is 12.3. The maximum Gasteiger partial charge on any atom is 0.341 e. The van der Waals surface area contributed by atoms with Crippen molar-refractivity contribution in [1.82, 2.24) is 0 Å². The molecule has 1 atom stereocenters. The maximum atomic E-state index is 12.1. The normalized spacial score (nSPS) is 11.7. The first kappa shape index (κ1) is 18.9. The van der Waals surface area contributed by atoms with Crippen molar-refractivity contribution in [2.45, 2.75) is 13.0 Å². The molecular weight excluding hydrogens is 396 g/mol. The van der Waals surface area contributed by atoms with Crippen molar-refractivity contribution < 1.29 is 14.3 Å². The van der Waals surface area contributed by atoms with Crippen LogP contribution in [0.1, 0.15) is 17.3 Å². The minimum Gasteiger partial charge on any atom is -0.449 e. The number of rotatable bonds is 4. The highest BCUT2D eigenvalue weighted by Gasteiger charge is 2.22. The van der Waals surface area contributed by atoms with Crippen LogP contribution in [0.5, 0.6) is 0 Å². The van der Waals surface area contributed by atoms with Gasteiger partial charge >= 0.3 is 5.97 Å². The van der Waals surface area contributed by atoms with E-state index in [-0.39, 0.29) is 15.6 Å². The number of anilines is 1. The number of halogens is 4. The van der Waals surface area contributed by atoms with Gasteiger partial charge in [-0.15, -0.1) is 0 Å². The molecule has 4 nitrogen and oxygen atoms in total. The number of hydrogen-bond acceptors (Lipinski definition) is 3. The molecule has 0 spiro atoms. The van der Waals surface area contributed by atoms with Crippen molar-refractivity contribution >= 4 is 64.0 Å². The van der Waals surface area contributed by atoms with Crippen LogP contribution < -0.4 is 5.32 Å². The Morgan fingerprint density at radius 3 is 2.08 bits per heavy atom. The first-order valence-corrected chi connectivity index (χ1v) is 8.21. The third kappa shape index (κ3) is 4.77. The highest BCUT2D eigenvalue weighted by molar-refractivity contribution is 6.39. The molecule has 0 fully saturated rings. The molecular formula is C16H11Cl4NO3. The largest absolute Gasteiger partial charge is 0.449 e. The van der Waals surface area contributed by atoms with Crippen molar-refractivity contribution in [2.75, 3.05) is 5.32 Å². The van der Waals surface area contributed by atoms with Gasteiger partial charge in [0.25, 0.3) is 5.91 Å². The SMILES string of the molecule is C[C@H](OC(=O)c1c(Cl)cccc1Cl)C(=O)Nc1cc(Cl)cc(Cl)c1. The quantitative estimate of drug-likeness (QED) is 0.683. The van der Waals surface area contributed by atoms with Gasteiger partial charge < -0.3 is 10.1 Å². The molecule has 2 rings (SSSR count). The Bertz CT molecular complexity index is 754. The van der Waals surface area contributed by atoms with E-state index in [4.69, 9.17) is 51.1 Å². The van der Waals surface area contributed by atoms with Gasteiger partial charge in [-0.25, -0.2) is 4.79 Å². The average molecular weight is 407 g/mol. The summed E-state index contributed by atoms with van der Waals surface area (Å²) in [6, 6.07) is 9.17. The number of nitrogens with one attached hydrogen (secondary N) is 1. The fraction of sp³-hybridized carbons (Fsp3) is 0.125. The number of ether oxygens (including phenoxy) is 1. The smallest absolute Gasteiger partial charge is 0.341 e. The third-order valence-electron chi connectivity index (χ3n) is 2.95. The molecule has 0 aliphatic rings. The van der Waals surface area contributed by atoms with Crippen LogP contribution in [0.4, 0.5) is 5.69 Å². The van der Waals surface area contributed by atoms with E-state index in [1.165, 1.54) is 37.3 Å². The lowest BCUT2D eigenvalue weighted by Gasteiger charge is -2.15. The summed E-state index contributed by atoms with van der Waals surface area (Å²) in [5, 5.41) is 3.57. The molecule has 0 unspecified atom stereocenters. The van der Waals surface area contributed by atoms with Crippen molar-refractivity contribution in [1.29, 1.82) is 0 Å². The lowest BCUT2D eigenvalue weighted by Crippen LogP contribution is -2.30. The summed E-state index contributed by atoms with van der Waals surface area (Å²) in [7, 11) is 0. The summed E-state index contributed by atoms with van der Waals surface area (Å²) >= 11 is 23.6. The van der Waals surface area contributed by atoms with Crippen LogP contribution in [0.25, 0.3) is 0 Å². The van der Waals surface area contributed by atoms with Crippen molar-refractivity contribution in [3.63, 3.8) is 0 Å². The van der Waals surface area contributed by atoms with Gasteiger partial charge in [-0.05, 0) is 37.3 Å². The Hall–Kier alpha value is -1.46. The summed E-state index contributed by atoms with van der Waals surface area (Å²) < 4.78 is 5.11. The van der Waals surface area contributed by atoms with Crippen LogP contribution >= 0.6 is 46.4 Å². The third-order valence-corrected chi connectivity index (χ3v) is 4.02. The first-order chi connectivity index (χ1) is 11.3. The molecule has 24 heavy (non-hydrogen) atoms. The minimum atomic E-state index is -1.08. The Morgan fingerprint density at radius 2 is 1.54 bits per heavy atom. The molecule has 0 aliphatic carbocycles. The van der Waals surface area contributed by atoms with Crippen molar-refractivity contribution in [3.8, 4) is 0 Å². The Kier molecular flexibility index (Phi) is 6.35. The van der Waals surface area contributed by atoms with Crippen LogP contribution in [-0.4, -0.2) is 18.0 Å². The molecule has 0 radical (unpaired) electrons. The number of hydrogen-bond donors (Lipinski definition) is 1. The highest BCUT2D eigenvalue weighted by Crippen LogP contribution is 2.26. The van der Waals surface area contributed by atoms with Gasteiger partial charge in [-0.1, -0.05) is 52.5 Å². The fourth-order valence-corrected chi connectivity index (χ4v) is 2.91. The Balaban J connectivity index is 2.07. The summed E-state index contributed by atoms with van der Waals surface area (Å²) in [6.07, 6.45) is -1.08. The minimum absolute atomic E-state index is 0.00582. The summed E-state index contributed by atoms with van der Waals surface area (Å²) in [5.41, 5.74) is 0.391. The molecule has 0 heterocycles. The number of benzene rings is 2. The Labute approximate surface area is 158 Å². The zero-order chi connectivity index (χ0) is 17.9. The predicted octanol–water partition coefficient (Wildman–Crippen LogP) is 5.48. The van der Waals surface area contributed by atoms with Gasteiger partial charge in [0.1, 0.15) is 0 Å². The molecule has 0 aromatic heterocycles. The monoisotopic (exact) mass is 405 g/mol. The molecule has 2 aromatic rings. The average Bonchev–Trinajstić information content (AvgIpc) is 2.45. The number of esters is 1. The van der Waals surface area contributed by atoms with E-state index in [1.54, 1.807) is 6.07 Å². The summed E-state index contributed by atoms with van der Waals surface area (Å²) in [5.74, 6) is -1.35. The Morgan fingerprint density at radius 1 is 1.00 bits per heavy atom. The molecule has 2 aromatic carbocycles. The second kappa shape index (κ2) is 8.08. The van der Waals surface area contributed by atoms with E-state index in [0.717, 1.165) is 0 Å². The molecule has 126 valence electrons. The molecule has 8 heteroatoms. The molecule has 0 saturated carbocycles.